The normalized spacial score (nSPS) is 21.0. The average Bonchev–Trinajstić information content (AvgIpc) is 2.98. The number of nitrogens with zero attached hydrogens (tertiary/aromatic N) is 3. The standard InChI is InChI=1S/C17H25N5O/c1-2-16-15(11-14(1)12-21-7-3-18-4-8-21)20-17(23-16)13-22-9-5-19-6-10-22/h1-2,11,18-19H,3-10,12-13H2. The highest BCUT2D eigenvalue weighted by atomic mass is 16.3. The zero-order valence-corrected chi connectivity index (χ0v) is 13.6. The summed E-state index contributed by atoms with van der Waals surface area (Å²) in [4.78, 5) is 9.58. The third kappa shape index (κ3) is 3.72. The van der Waals surface area contributed by atoms with E-state index in [0.29, 0.717) is 0 Å². The molecule has 2 aliphatic rings. The molecule has 0 amide bonds. The molecule has 2 fully saturated rings. The van der Waals surface area contributed by atoms with Crippen molar-refractivity contribution in [3.63, 3.8) is 0 Å². The Morgan fingerprint density at radius 3 is 2.26 bits per heavy atom. The molecule has 2 N–H and O–H groups in total. The fraction of sp³-hybridized carbons (Fsp3) is 0.588. The monoisotopic (exact) mass is 315 g/mol. The SMILES string of the molecule is c1cc2oc(CN3CCNCC3)nc2cc1CN1CCNCC1. The summed E-state index contributed by atoms with van der Waals surface area (Å²) in [5, 5.41) is 6.77. The highest BCUT2D eigenvalue weighted by Crippen LogP contribution is 2.19. The number of fused-ring (bicyclic) bond motifs is 1. The Kier molecular flexibility index (Phi) is 4.57. The number of rotatable bonds is 4. The van der Waals surface area contributed by atoms with E-state index < -0.39 is 0 Å². The lowest BCUT2D eigenvalue weighted by Gasteiger charge is -2.27. The molecule has 4 rings (SSSR count). The Bertz CT molecular complexity index is 625. The Morgan fingerprint density at radius 1 is 0.913 bits per heavy atom. The summed E-state index contributed by atoms with van der Waals surface area (Å²) in [6, 6.07) is 6.42. The van der Waals surface area contributed by atoms with Crippen LogP contribution in [0.2, 0.25) is 0 Å². The molecule has 124 valence electrons. The molecule has 0 aliphatic carbocycles. The van der Waals surface area contributed by atoms with Crippen LogP contribution < -0.4 is 10.6 Å². The molecule has 2 aromatic rings. The van der Waals surface area contributed by atoms with E-state index in [1.807, 2.05) is 0 Å². The van der Waals surface area contributed by atoms with E-state index in [-0.39, 0.29) is 0 Å². The van der Waals surface area contributed by atoms with E-state index in [9.17, 15) is 0 Å². The van der Waals surface area contributed by atoms with E-state index in [0.717, 1.165) is 82.4 Å². The van der Waals surface area contributed by atoms with Gasteiger partial charge in [-0.05, 0) is 17.7 Å². The molecule has 0 saturated carbocycles. The summed E-state index contributed by atoms with van der Waals surface area (Å²) < 4.78 is 5.92. The van der Waals surface area contributed by atoms with Crippen LogP contribution in [0.1, 0.15) is 11.5 Å². The fourth-order valence-corrected chi connectivity index (χ4v) is 3.37. The average molecular weight is 315 g/mol. The van der Waals surface area contributed by atoms with Crippen LogP contribution in [-0.2, 0) is 13.1 Å². The lowest BCUT2D eigenvalue weighted by molar-refractivity contribution is 0.214. The smallest absolute Gasteiger partial charge is 0.209 e. The van der Waals surface area contributed by atoms with Crippen LogP contribution in [0.3, 0.4) is 0 Å². The minimum atomic E-state index is 0.809. The zero-order chi connectivity index (χ0) is 15.5. The van der Waals surface area contributed by atoms with Gasteiger partial charge in [-0.1, -0.05) is 6.07 Å². The topological polar surface area (TPSA) is 56.6 Å². The molecule has 1 aromatic heterocycles. The second-order valence-corrected chi connectivity index (χ2v) is 6.46. The van der Waals surface area contributed by atoms with Crippen LogP contribution in [-0.4, -0.2) is 67.1 Å². The van der Waals surface area contributed by atoms with Gasteiger partial charge >= 0.3 is 0 Å². The van der Waals surface area contributed by atoms with Crippen LogP contribution >= 0.6 is 0 Å². The van der Waals surface area contributed by atoms with Crippen molar-refractivity contribution in [3.8, 4) is 0 Å². The first-order valence-corrected chi connectivity index (χ1v) is 8.61. The van der Waals surface area contributed by atoms with Crippen LogP contribution in [0.5, 0.6) is 0 Å². The van der Waals surface area contributed by atoms with Crippen molar-refractivity contribution in [2.45, 2.75) is 13.1 Å². The third-order valence-corrected chi connectivity index (χ3v) is 4.68. The molecular formula is C17H25N5O. The van der Waals surface area contributed by atoms with Gasteiger partial charge in [-0.2, -0.15) is 0 Å². The van der Waals surface area contributed by atoms with Crippen molar-refractivity contribution in [3.05, 3.63) is 29.7 Å². The van der Waals surface area contributed by atoms with Crippen molar-refractivity contribution in [2.75, 3.05) is 52.4 Å². The van der Waals surface area contributed by atoms with Gasteiger partial charge < -0.3 is 15.1 Å². The molecule has 0 spiro atoms. The van der Waals surface area contributed by atoms with Gasteiger partial charge in [0, 0.05) is 58.9 Å². The van der Waals surface area contributed by atoms with Gasteiger partial charge in [-0.25, -0.2) is 4.98 Å². The second kappa shape index (κ2) is 6.97. The predicted octanol–water partition coefficient (Wildman–Crippen LogP) is 0.638. The second-order valence-electron chi connectivity index (χ2n) is 6.46. The number of nitrogens with one attached hydrogen (secondary N) is 2. The quantitative estimate of drug-likeness (QED) is 0.863. The summed E-state index contributed by atoms with van der Waals surface area (Å²) in [5.41, 5.74) is 3.21. The van der Waals surface area contributed by atoms with E-state index in [1.54, 1.807) is 0 Å². The highest BCUT2D eigenvalue weighted by Gasteiger charge is 2.15. The largest absolute Gasteiger partial charge is 0.439 e. The number of benzene rings is 1. The van der Waals surface area contributed by atoms with Gasteiger partial charge in [-0.3, -0.25) is 9.80 Å². The van der Waals surface area contributed by atoms with Gasteiger partial charge in [0.05, 0.1) is 6.54 Å². The van der Waals surface area contributed by atoms with Crippen LogP contribution in [0.25, 0.3) is 11.1 Å². The number of hydrogen-bond acceptors (Lipinski definition) is 6. The van der Waals surface area contributed by atoms with Gasteiger partial charge in [0.2, 0.25) is 5.89 Å². The first-order chi connectivity index (χ1) is 11.4. The number of piperazine rings is 2. The van der Waals surface area contributed by atoms with E-state index in [2.05, 4.69) is 38.6 Å². The van der Waals surface area contributed by atoms with Crippen molar-refractivity contribution >= 4 is 11.1 Å². The van der Waals surface area contributed by atoms with E-state index in [1.165, 1.54) is 5.56 Å². The molecule has 6 nitrogen and oxygen atoms in total. The molecule has 1 aromatic carbocycles. The summed E-state index contributed by atoms with van der Waals surface area (Å²) in [6.07, 6.45) is 0. The minimum Gasteiger partial charge on any atom is -0.439 e. The highest BCUT2D eigenvalue weighted by molar-refractivity contribution is 5.73. The molecule has 6 heteroatoms. The third-order valence-electron chi connectivity index (χ3n) is 4.68. The summed E-state index contributed by atoms with van der Waals surface area (Å²) >= 11 is 0. The molecule has 3 heterocycles. The molecule has 23 heavy (non-hydrogen) atoms. The predicted molar refractivity (Wildman–Crippen MR) is 90.3 cm³/mol. The first kappa shape index (κ1) is 15.1. The molecule has 0 atom stereocenters. The maximum Gasteiger partial charge on any atom is 0.209 e. The van der Waals surface area contributed by atoms with Crippen LogP contribution in [0.4, 0.5) is 0 Å². The van der Waals surface area contributed by atoms with E-state index >= 15 is 0 Å². The van der Waals surface area contributed by atoms with Gasteiger partial charge in [0.25, 0.3) is 0 Å². The Morgan fingerprint density at radius 2 is 1.57 bits per heavy atom. The van der Waals surface area contributed by atoms with Crippen molar-refractivity contribution in [1.29, 1.82) is 0 Å². The van der Waals surface area contributed by atoms with Gasteiger partial charge in [-0.15, -0.1) is 0 Å². The Labute approximate surface area is 136 Å². The summed E-state index contributed by atoms with van der Waals surface area (Å²) in [7, 11) is 0. The van der Waals surface area contributed by atoms with Crippen LogP contribution in [0, 0.1) is 0 Å². The summed E-state index contributed by atoms with van der Waals surface area (Å²) in [6.45, 7) is 10.4. The lowest BCUT2D eigenvalue weighted by atomic mass is 10.2. The number of aromatic nitrogens is 1. The lowest BCUT2D eigenvalue weighted by Crippen LogP contribution is -2.42. The van der Waals surface area contributed by atoms with Gasteiger partial charge in [0.15, 0.2) is 5.58 Å². The molecule has 0 bridgehead atoms. The summed E-state index contributed by atoms with van der Waals surface area (Å²) in [5.74, 6) is 0.834. The maximum absolute atomic E-state index is 5.92. The van der Waals surface area contributed by atoms with Gasteiger partial charge in [0.1, 0.15) is 5.52 Å². The zero-order valence-electron chi connectivity index (χ0n) is 13.6. The number of hydrogen-bond donors (Lipinski definition) is 2. The maximum atomic E-state index is 5.92. The van der Waals surface area contributed by atoms with Crippen molar-refractivity contribution in [2.24, 2.45) is 0 Å². The van der Waals surface area contributed by atoms with Crippen molar-refractivity contribution < 1.29 is 4.42 Å². The molecule has 2 saturated heterocycles. The van der Waals surface area contributed by atoms with E-state index in [4.69, 9.17) is 9.40 Å². The minimum absolute atomic E-state index is 0.809. The molecule has 0 radical (unpaired) electrons. The number of oxazole rings is 1. The first-order valence-electron chi connectivity index (χ1n) is 8.61. The Balaban J connectivity index is 1.45. The molecule has 2 aliphatic heterocycles. The Hall–Kier alpha value is -1.47. The molecular weight excluding hydrogens is 290 g/mol. The molecule has 0 unspecified atom stereocenters. The van der Waals surface area contributed by atoms with Crippen LogP contribution in [0.15, 0.2) is 22.6 Å². The fourth-order valence-electron chi connectivity index (χ4n) is 3.37. The van der Waals surface area contributed by atoms with Crippen molar-refractivity contribution in [1.82, 2.24) is 25.4 Å².